The minimum atomic E-state index is 0.118. The molecule has 0 fully saturated rings. The van der Waals surface area contributed by atoms with E-state index < -0.39 is 0 Å². The molecular formula is C25H23ClN4O2. The number of anilines is 3. The van der Waals surface area contributed by atoms with Gasteiger partial charge in [0.2, 0.25) is 5.95 Å². The first kappa shape index (κ1) is 21.6. The fourth-order valence-electron chi connectivity index (χ4n) is 3.26. The molecule has 0 atom stereocenters. The third kappa shape index (κ3) is 5.55. The monoisotopic (exact) mass is 446 g/mol. The maximum Gasteiger partial charge on any atom is 0.222 e. The summed E-state index contributed by atoms with van der Waals surface area (Å²) >= 11 is 6.27. The van der Waals surface area contributed by atoms with Gasteiger partial charge in [-0.2, -0.15) is 4.98 Å². The van der Waals surface area contributed by atoms with E-state index in [2.05, 4.69) is 15.3 Å². The van der Waals surface area contributed by atoms with E-state index in [1.165, 1.54) is 0 Å². The zero-order chi connectivity index (χ0) is 22.3. The third-order valence-electron chi connectivity index (χ3n) is 4.82. The van der Waals surface area contributed by atoms with Crippen molar-refractivity contribution in [3.8, 4) is 17.0 Å². The van der Waals surface area contributed by atoms with Gasteiger partial charge in [0, 0.05) is 28.9 Å². The minimum Gasteiger partial charge on any atom is -0.488 e. The average Bonchev–Trinajstić information content (AvgIpc) is 2.80. The van der Waals surface area contributed by atoms with Crippen LogP contribution in [0.1, 0.15) is 11.1 Å². The molecular weight excluding hydrogens is 424 g/mol. The first-order valence-corrected chi connectivity index (χ1v) is 10.6. The molecule has 162 valence electrons. The van der Waals surface area contributed by atoms with Crippen molar-refractivity contribution in [1.29, 1.82) is 0 Å². The molecule has 3 aromatic carbocycles. The van der Waals surface area contributed by atoms with Crippen molar-refractivity contribution in [3.05, 3.63) is 95.0 Å². The maximum absolute atomic E-state index is 9.07. The van der Waals surface area contributed by atoms with E-state index in [1.54, 1.807) is 18.2 Å². The summed E-state index contributed by atoms with van der Waals surface area (Å²) in [6.07, 6.45) is 0.616. The predicted octanol–water partition coefficient (Wildman–Crippen LogP) is 5.24. The van der Waals surface area contributed by atoms with E-state index in [4.69, 9.17) is 27.2 Å². The summed E-state index contributed by atoms with van der Waals surface area (Å²) in [7, 11) is 0. The second kappa shape index (κ2) is 10.1. The molecule has 0 spiro atoms. The highest BCUT2D eigenvalue weighted by atomic mass is 35.5. The summed E-state index contributed by atoms with van der Waals surface area (Å²) in [6, 6.07) is 24.9. The first-order valence-electron chi connectivity index (χ1n) is 10.2. The highest BCUT2D eigenvalue weighted by Crippen LogP contribution is 2.34. The number of aromatic nitrogens is 2. The van der Waals surface area contributed by atoms with Crippen LogP contribution in [0.15, 0.2) is 78.9 Å². The zero-order valence-corrected chi connectivity index (χ0v) is 18.1. The van der Waals surface area contributed by atoms with E-state index >= 15 is 0 Å². The Balaban J connectivity index is 1.60. The highest BCUT2D eigenvalue weighted by molar-refractivity contribution is 6.31. The lowest BCUT2D eigenvalue weighted by Gasteiger charge is -2.14. The van der Waals surface area contributed by atoms with Gasteiger partial charge in [-0.15, -0.1) is 0 Å². The lowest BCUT2D eigenvalue weighted by atomic mass is 10.1. The number of nitrogens with two attached hydrogens (primary N) is 1. The number of nitrogen functional groups attached to an aromatic ring is 1. The number of halogens is 1. The van der Waals surface area contributed by atoms with Crippen LogP contribution in [0.2, 0.25) is 5.02 Å². The molecule has 4 aromatic rings. The highest BCUT2D eigenvalue weighted by Gasteiger charge is 2.12. The topological polar surface area (TPSA) is 93.3 Å². The molecule has 0 aliphatic rings. The van der Waals surface area contributed by atoms with Crippen LogP contribution in [0, 0.1) is 0 Å². The molecule has 0 saturated heterocycles. The van der Waals surface area contributed by atoms with Crippen LogP contribution in [-0.4, -0.2) is 21.7 Å². The van der Waals surface area contributed by atoms with Crippen molar-refractivity contribution in [2.24, 2.45) is 0 Å². The first-order chi connectivity index (χ1) is 15.6. The van der Waals surface area contributed by atoms with Gasteiger partial charge in [-0.05, 0) is 47.9 Å². The summed E-state index contributed by atoms with van der Waals surface area (Å²) in [5.41, 5.74) is 10.3. The lowest BCUT2D eigenvalue weighted by molar-refractivity contribution is 0.299. The molecule has 0 bridgehead atoms. The predicted molar refractivity (Wildman–Crippen MR) is 128 cm³/mol. The number of aliphatic hydroxyl groups is 1. The van der Waals surface area contributed by atoms with Crippen LogP contribution < -0.4 is 15.8 Å². The molecule has 0 radical (unpaired) electrons. The molecule has 0 saturated carbocycles. The summed E-state index contributed by atoms with van der Waals surface area (Å²) in [5, 5.41) is 12.9. The van der Waals surface area contributed by atoms with E-state index in [0.717, 1.165) is 22.4 Å². The second-order valence-electron chi connectivity index (χ2n) is 7.21. The lowest BCUT2D eigenvalue weighted by Crippen LogP contribution is -2.03. The fourth-order valence-corrected chi connectivity index (χ4v) is 3.44. The average molecular weight is 447 g/mol. The van der Waals surface area contributed by atoms with Gasteiger partial charge in [0.25, 0.3) is 0 Å². The van der Waals surface area contributed by atoms with Crippen LogP contribution >= 0.6 is 11.6 Å². The molecule has 6 nitrogen and oxygen atoms in total. The summed E-state index contributed by atoms with van der Waals surface area (Å²) in [5.74, 6) is 1.34. The molecule has 1 aromatic heterocycles. The largest absolute Gasteiger partial charge is 0.488 e. The Morgan fingerprint density at radius 1 is 0.906 bits per heavy atom. The van der Waals surface area contributed by atoms with Gasteiger partial charge in [-0.3, -0.25) is 0 Å². The van der Waals surface area contributed by atoms with Crippen LogP contribution in [0.4, 0.5) is 17.5 Å². The summed E-state index contributed by atoms with van der Waals surface area (Å²) in [4.78, 5) is 8.70. The standard InChI is InChI=1S/C25H23ClN4O2/c26-19-8-11-23(32-16-18-4-2-1-3-5-18)21(14-19)22-15-24(30-25(27)29-22)28-20-9-6-17(7-10-20)12-13-31/h1-11,14-15,31H,12-13,16H2,(H3,27,28,29,30). The minimum absolute atomic E-state index is 0.118. The number of rotatable bonds is 8. The normalized spacial score (nSPS) is 10.7. The van der Waals surface area contributed by atoms with Gasteiger partial charge in [0.05, 0.1) is 5.69 Å². The van der Waals surface area contributed by atoms with Crippen molar-refractivity contribution in [3.63, 3.8) is 0 Å². The molecule has 1 heterocycles. The quantitative estimate of drug-likeness (QED) is 0.343. The molecule has 4 N–H and O–H groups in total. The Morgan fingerprint density at radius 3 is 2.44 bits per heavy atom. The Labute approximate surface area is 191 Å². The van der Waals surface area contributed by atoms with Gasteiger partial charge in [0.15, 0.2) is 0 Å². The molecule has 0 amide bonds. The Morgan fingerprint density at radius 2 is 1.69 bits per heavy atom. The fraction of sp³-hybridized carbons (Fsp3) is 0.120. The zero-order valence-electron chi connectivity index (χ0n) is 17.3. The maximum atomic E-state index is 9.07. The van der Waals surface area contributed by atoms with Gasteiger partial charge in [-0.25, -0.2) is 4.98 Å². The molecule has 0 aliphatic heterocycles. The molecule has 0 unspecified atom stereocenters. The number of aliphatic hydroxyl groups excluding tert-OH is 1. The van der Waals surface area contributed by atoms with E-state index in [1.807, 2.05) is 60.7 Å². The van der Waals surface area contributed by atoms with Gasteiger partial charge < -0.3 is 20.9 Å². The van der Waals surface area contributed by atoms with E-state index in [9.17, 15) is 0 Å². The van der Waals surface area contributed by atoms with Crippen LogP contribution in [0.5, 0.6) is 5.75 Å². The van der Waals surface area contributed by atoms with Crippen molar-refractivity contribution in [2.45, 2.75) is 13.0 Å². The Kier molecular flexibility index (Phi) is 6.84. The number of hydrogen-bond acceptors (Lipinski definition) is 6. The van der Waals surface area contributed by atoms with E-state index in [-0.39, 0.29) is 12.6 Å². The number of benzene rings is 3. The summed E-state index contributed by atoms with van der Waals surface area (Å²) < 4.78 is 6.07. The number of ether oxygens (including phenoxy) is 1. The second-order valence-corrected chi connectivity index (χ2v) is 7.64. The molecule has 7 heteroatoms. The van der Waals surface area contributed by atoms with Crippen molar-refractivity contribution < 1.29 is 9.84 Å². The number of hydrogen-bond donors (Lipinski definition) is 3. The van der Waals surface area contributed by atoms with E-state index in [0.29, 0.717) is 35.3 Å². The van der Waals surface area contributed by atoms with Crippen molar-refractivity contribution in [2.75, 3.05) is 17.7 Å². The van der Waals surface area contributed by atoms with Crippen molar-refractivity contribution in [1.82, 2.24) is 9.97 Å². The van der Waals surface area contributed by atoms with Crippen LogP contribution in [-0.2, 0) is 13.0 Å². The number of nitrogens with one attached hydrogen (secondary N) is 1. The van der Waals surface area contributed by atoms with Gasteiger partial charge in [0.1, 0.15) is 18.2 Å². The van der Waals surface area contributed by atoms with Crippen LogP contribution in [0.3, 0.4) is 0 Å². The van der Waals surface area contributed by atoms with Gasteiger partial charge >= 0.3 is 0 Å². The molecule has 0 aliphatic carbocycles. The van der Waals surface area contributed by atoms with Crippen molar-refractivity contribution >= 4 is 29.1 Å². The Bertz CT molecular complexity index is 1180. The third-order valence-corrected chi connectivity index (χ3v) is 5.06. The summed E-state index contributed by atoms with van der Waals surface area (Å²) in [6.45, 7) is 0.536. The van der Waals surface area contributed by atoms with Gasteiger partial charge in [-0.1, -0.05) is 54.1 Å². The SMILES string of the molecule is Nc1nc(Nc2ccc(CCO)cc2)cc(-c2cc(Cl)ccc2OCc2ccccc2)n1. The molecule has 4 rings (SSSR count). The molecule has 32 heavy (non-hydrogen) atoms. The van der Waals surface area contributed by atoms with Crippen LogP contribution in [0.25, 0.3) is 11.3 Å². The number of nitrogens with zero attached hydrogens (tertiary/aromatic N) is 2. The smallest absolute Gasteiger partial charge is 0.222 e. The Hall–Kier alpha value is -3.61.